The molecule has 1 heterocycles. The standard InChI is InChI=1S/C26H22BrFN2O3S/c1-3-32-21-11-9-20(10-12-21)30-25(31)23(29(2)26(30)34)15-18-6-13-24(22(27)14-18)33-16-17-4-7-19(28)8-5-17/h4-15H,3,16H2,1-2H3/b23-15-. The van der Waals surface area contributed by atoms with E-state index in [1.165, 1.54) is 17.0 Å². The molecule has 0 atom stereocenters. The van der Waals surface area contributed by atoms with Crippen molar-refractivity contribution in [1.82, 2.24) is 4.90 Å². The first kappa shape index (κ1) is 23.9. The van der Waals surface area contributed by atoms with E-state index in [4.69, 9.17) is 21.7 Å². The fourth-order valence-electron chi connectivity index (χ4n) is 3.47. The summed E-state index contributed by atoms with van der Waals surface area (Å²) >= 11 is 9.07. The maximum Gasteiger partial charge on any atom is 0.281 e. The van der Waals surface area contributed by atoms with Crippen LogP contribution in [0.3, 0.4) is 0 Å². The van der Waals surface area contributed by atoms with Crippen LogP contribution in [0.2, 0.25) is 0 Å². The quantitative estimate of drug-likeness (QED) is 0.265. The predicted octanol–water partition coefficient (Wildman–Crippen LogP) is 6.17. The monoisotopic (exact) mass is 540 g/mol. The molecule has 5 nitrogen and oxygen atoms in total. The third kappa shape index (κ3) is 5.13. The van der Waals surface area contributed by atoms with Crippen molar-refractivity contribution in [2.24, 2.45) is 0 Å². The van der Waals surface area contributed by atoms with E-state index < -0.39 is 0 Å². The van der Waals surface area contributed by atoms with Crippen molar-refractivity contribution in [3.63, 3.8) is 0 Å². The van der Waals surface area contributed by atoms with E-state index in [9.17, 15) is 9.18 Å². The van der Waals surface area contributed by atoms with Gasteiger partial charge in [-0.1, -0.05) is 18.2 Å². The van der Waals surface area contributed by atoms with Crippen LogP contribution in [0.25, 0.3) is 6.08 Å². The number of rotatable bonds is 7. The highest BCUT2D eigenvalue weighted by Crippen LogP contribution is 2.31. The Morgan fingerprint density at radius 3 is 2.38 bits per heavy atom. The lowest BCUT2D eigenvalue weighted by molar-refractivity contribution is -0.114. The van der Waals surface area contributed by atoms with Crippen LogP contribution in [0.5, 0.6) is 11.5 Å². The van der Waals surface area contributed by atoms with E-state index in [1.54, 1.807) is 30.2 Å². The van der Waals surface area contributed by atoms with Crippen molar-refractivity contribution in [2.75, 3.05) is 18.6 Å². The van der Waals surface area contributed by atoms with Crippen LogP contribution in [0, 0.1) is 5.82 Å². The molecule has 0 N–H and O–H groups in total. The number of amides is 1. The molecule has 0 bridgehead atoms. The summed E-state index contributed by atoms with van der Waals surface area (Å²) in [4.78, 5) is 16.4. The summed E-state index contributed by atoms with van der Waals surface area (Å²) in [6.07, 6.45) is 1.79. The van der Waals surface area contributed by atoms with Gasteiger partial charge in [0.05, 0.1) is 16.8 Å². The Bertz CT molecular complexity index is 1250. The Balaban J connectivity index is 1.51. The van der Waals surface area contributed by atoms with Crippen LogP contribution in [-0.2, 0) is 11.4 Å². The minimum atomic E-state index is -0.283. The molecule has 0 radical (unpaired) electrons. The molecule has 0 aromatic heterocycles. The third-order valence-electron chi connectivity index (χ3n) is 5.23. The number of benzene rings is 3. The molecule has 0 aliphatic carbocycles. The van der Waals surface area contributed by atoms with Gasteiger partial charge in [-0.15, -0.1) is 0 Å². The number of hydrogen-bond acceptors (Lipinski definition) is 4. The number of halogens is 2. The highest BCUT2D eigenvalue weighted by atomic mass is 79.9. The number of carbonyl (C=O) groups is 1. The fourth-order valence-corrected chi connectivity index (χ4v) is 4.26. The average Bonchev–Trinajstić information content (AvgIpc) is 3.03. The molecule has 8 heteroatoms. The minimum absolute atomic E-state index is 0.204. The largest absolute Gasteiger partial charge is 0.494 e. The number of carbonyl (C=O) groups excluding carboxylic acids is 1. The van der Waals surface area contributed by atoms with Gasteiger partial charge in [0.1, 0.15) is 29.6 Å². The van der Waals surface area contributed by atoms with Crippen LogP contribution >= 0.6 is 28.1 Å². The number of nitrogens with zero attached hydrogens (tertiary/aromatic N) is 2. The normalized spacial score (nSPS) is 14.8. The molecule has 174 valence electrons. The van der Waals surface area contributed by atoms with Crippen molar-refractivity contribution in [3.8, 4) is 11.5 Å². The Kier molecular flexibility index (Phi) is 7.29. The van der Waals surface area contributed by atoms with Gasteiger partial charge in [-0.25, -0.2) is 4.39 Å². The van der Waals surface area contributed by atoms with Crippen LogP contribution in [0.4, 0.5) is 10.1 Å². The summed E-state index contributed by atoms with van der Waals surface area (Å²) in [7, 11) is 1.77. The summed E-state index contributed by atoms with van der Waals surface area (Å²) in [5, 5.41) is 0.402. The molecule has 1 aliphatic heterocycles. The molecule has 0 spiro atoms. The number of thiocarbonyl (C=S) groups is 1. The SMILES string of the molecule is CCOc1ccc(N2C(=O)/C(=C/c3ccc(OCc4ccc(F)cc4)c(Br)c3)N(C)C2=S)cc1. The van der Waals surface area contributed by atoms with Gasteiger partial charge in [0.25, 0.3) is 5.91 Å². The lowest BCUT2D eigenvalue weighted by Gasteiger charge is -2.16. The Morgan fingerprint density at radius 2 is 1.74 bits per heavy atom. The van der Waals surface area contributed by atoms with Crippen LogP contribution in [0.15, 0.2) is 76.9 Å². The van der Waals surface area contributed by atoms with Crippen LogP contribution in [-0.4, -0.2) is 29.6 Å². The summed E-state index contributed by atoms with van der Waals surface area (Å²) in [5.74, 6) is 0.891. The van der Waals surface area contributed by atoms with Crippen molar-refractivity contribution < 1.29 is 18.7 Å². The van der Waals surface area contributed by atoms with Crippen LogP contribution in [0.1, 0.15) is 18.1 Å². The summed E-state index contributed by atoms with van der Waals surface area (Å²) < 4.78 is 25.1. The molecular weight excluding hydrogens is 519 g/mol. The van der Waals surface area contributed by atoms with Crippen molar-refractivity contribution >= 4 is 50.9 Å². The van der Waals surface area contributed by atoms with Crippen molar-refractivity contribution in [3.05, 3.63) is 93.8 Å². The number of anilines is 1. The zero-order valence-corrected chi connectivity index (χ0v) is 21.0. The molecule has 3 aromatic rings. The number of ether oxygens (including phenoxy) is 2. The first-order valence-electron chi connectivity index (χ1n) is 10.6. The summed E-state index contributed by atoms with van der Waals surface area (Å²) in [6.45, 7) is 2.80. The van der Waals surface area contributed by atoms with Gasteiger partial charge >= 0.3 is 0 Å². The number of hydrogen-bond donors (Lipinski definition) is 0. The lowest BCUT2D eigenvalue weighted by atomic mass is 10.1. The average molecular weight is 541 g/mol. The molecule has 1 aliphatic rings. The van der Waals surface area contributed by atoms with E-state index in [2.05, 4.69) is 15.9 Å². The second kappa shape index (κ2) is 10.4. The summed E-state index contributed by atoms with van der Waals surface area (Å²) in [6, 6.07) is 19.0. The fraction of sp³-hybridized carbons (Fsp3) is 0.154. The third-order valence-corrected chi connectivity index (χ3v) is 6.31. The van der Waals surface area contributed by atoms with Gasteiger partial charge in [-0.05, 0) is 101 Å². The Morgan fingerprint density at radius 1 is 1.03 bits per heavy atom. The van der Waals surface area contributed by atoms with E-state index in [-0.39, 0.29) is 11.7 Å². The molecule has 3 aromatic carbocycles. The Hall–Kier alpha value is -3.23. The van der Waals surface area contributed by atoms with Crippen LogP contribution < -0.4 is 14.4 Å². The van der Waals surface area contributed by atoms with Crippen molar-refractivity contribution in [1.29, 1.82) is 0 Å². The first-order chi connectivity index (χ1) is 16.4. The second-order valence-electron chi connectivity index (χ2n) is 7.54. The van der Waals surface area contributed by atoms with E-state index in [0.29, 0.717) is 35.5 Å². The second-order valence-corrected chi connectivity index (χ2v) is 8.76. The summed E-state index contributed by atoms with van der Waals surface area (Å²) in [5.41, 5.74) is 2.82. The molecule has 1 fully saturated rings. The zero-order valence-electron chi connectivity index (χ0n) is 18.6. The maximum atomic E-state index is 13.2. The molecule has 0 unspecified atom stereocenters. The number of likely N-dealkylation sites (N-methyl/N-ethyl adjacent to an activating group) is 1. The van der Waals surface area contributed by atoms with Gasteiger partial charge < -0.3 is 14.4 Å². The van der Waals surface area contributed by atoms with Gasteiger partial charge in [0.15, 0.2) is 5.11 Å². The van der Waals surface area contributed by atoms with Crippen molar-refractivity contribution in [2.45, 2.75) is 13.5 Å². The van der Waals surface area contributed by atoms with Gasteiger partial charge in [-0.3, -0.25) is 9.69 Å². The Labute approximate surface area is 211 Å². The molecule has 4 rings (SSSR count). The molecule has 0 saturated carbocycles. The highest BCUT2D eigenvalue weighted by Gasteiger charge is 2.36. The van der Waals surface area contributed by atoms with E-state index in [1.807, 2.05) is 49.4 Å². The van der Waals surface area contributed by atoms with E-state index in [0.717, 1.165) is 21.3 Å². The molecule has 34 heavy (non-hydrogen) atoms. The molecule has 1 amide bonds. The zero-order chi connectivity index (χ0) is 24.2. The van der Waals surface area contributed by atoms with Gasteiger partial charge in [-0.2, -0.15) is 0 Å². The minimum Gasteiger partial charge on any atom is -0.494 e. The maximum absolute atomic E-state index is 13.2. The smallest absolute Gasteiger partial charge is 0.281 e. The van der Waals surface area contributed by atoms with Gasteiger partial charge in [0.2, 0.25) is 0 Å². The topological polar surface area (TPSA) is 42.0 Å². The van der Waals surface area contributed by atoms with Gasteiger partial charge in [0, 0.05) is 7.05 Å². The highest BCUT2D eigenvalue weighted by molar-refractivity contribution is 9.10. The predicted molar refractivity (Wildman–Crippen MR) is 138 cm³/mol. The first-order valence-corrected chi connectivity index (χ1v) is 11.8. The lowest BCUT2D eigenvalue weighted by Crippen LogP contribution is -2.31. The van der Waals surface area contributed by atoms with E-state index >= 15 is 0 Å². The molecule has 1 saturated heterocycles. The molecular formula is C26H22BrFN2O3S.